The van der Waals surface area contributed by atoms with E-state index in [0.717, 1.165) is 27.2 Å². The molecule has 2 N–H and O–H groups in total. The number of carbonyl (C=O) groups excluding carboxylic acids is 1. The molecule has 1 amide bonds. The van der Waals surface area contributed by atoms with Gasteiger partial charge < -0.3 is 5.11 Å². The van der Waals surface area contributed by atoms with Crippen molar-refractivity contribution in [2.75, 3.05) is 0 Å². The molecule has 7 heteroatoms. The van der Waals surface area contributed by atoms with Crippen LogP contribution in [0.3, 0.4) is 0 Å². The average Bonchev–Trinajstić information content (AvgIpc) is 3.26. The first-order valence-electron chi connectivity index (χ1n) is 8.70. The van der Waals surface area contributed by atoms with E-state index in [0.29, 0.717) is 10.4 Å². The molecule has 0 atom stereocenters. The number of rotatable bonds is 4. The van der Waals surface area contributed by atoms with Crippen molar-refractivity contribution in [2.24, 2.45) is 5.10 Å². The van der Waals surface area contributed by atoms with Crippen molar-refractivity contribution < 1.29 is 9.90 Å². The number of para-hydroxylation sites is 1. The first-order valence-corrected chi connectivity index (χ1v) is 9.52. The Kier molecular flexibility index (Phi) is 4.67. The molecule has 0 bridgehead atoms. The lowest BCUT2D eigenvalue weighted by Gasteiger charge is -2.01. The number of benzene rings is 2. The number of hydrogen-bond donors (Lipinski definition) is 2. The molecule has 2 aromatic heterocycles. The third-order valence-corrected chi connectivity index (χ3v) is 5.43. The van der Waals surface area contributed by atoms with Gasteiger partial charge in [0, 0.05) is 10.9 Å². The van der Waals surface area contributed by atoms with Crippen LogP contribution in [0.5, 0.6) is 5.75 Å². The maximum atomic E-state index is 12.5. The minimum atomic E-state index is -0.302. The van der Waals surface area contributed by atoms with E-state index in [1.807, 2.05) is 54.9 Å². The summed E-state index contributed by atoms with van der Waals surface area (Å²) < 4.78 is 1.85. The van der Waals surface area contributed by atoms with Crippen molar-refractivity contribution >= 4 is 33.7 Å². The van der Waals surface area contributed by atoms with Crippen LogP contribution in [0.2, 0.25) is 0 Å². The Labute approximate surface area is 165 Å². The number of phenols is 1. The van der Waals surface area contributed by atoms with Crippen LogP contribution in [0, 0.1) is 13.8 Å². The zero-order valence-corrected chi connectivity index (χ0v) is 16.2. The highest BCUT2D eigenvalue weighted by atomic mass is 32.1. The number of amides is 1. The zero-order valence-electron chi connectivity index (χ0n) is 15.4. The van der Waals surface area contributed by atoms with Gasteiger partial charge in [-0.25, -0.2) is 10.1 Å². The first kappa shape index (κ1) is 17.9. The molecule has 140 valence electrons. The summed E-state index contributed by atoms with van der Waals surface area (Å²) in [5, 5.41) is 19.3. The van der Waals surface area contributed by atoms with Gasteiger partial charge in [-0.05, 0) is 44.2 Å². The molecule has 2 heterocycles. The van der Waals surface area contributed by atoms with E-state index >= 15 is 0 Å². The second kappa shape index (κ2) is 7.28. The predicted octanol–water partition coefficient (Wildman–Crippen LogP) is 4.17. The largest absolute Gasteiger partial charge is 0.507 e. The number of carbonyl (C=O) groups is 1. The van der Waals surface area contributed by atoms with Gasteiger partial charge in [0.2, 0.25) is 0 Å². The fourth-order valence-corrected chi connectivity index (χ4v) is 3.97. The normalized spacial score (nSPS) is 11.4. The van der Waals surface area contributed by atoms with Crippen molar-refractivity contribution in [1.29, 1.82) is 0 Å². The van der Waals surface area contributed by atoms with Crippen LogP contribution in [0.25, 0.3) is 15.9 Å². The molecule has 0 aliphatic heterocycles. The first-order chi connectivity index (χ1) is 13.5. The van der Waals surface area contributed by atoms with E-state index in [1.54, 1.807) is 18.2 Å². The zero-order chi connectivity index (χ0) is 19.7. The van der Waals surface area contributed by atoms with Gasteiger partial charge in [-0.2, -0.15) is 10.2 Å². The van der Waals surface area contributed by atoms with Crippen LogP contribution in [-0.2, 0) is 0 Å². The number of fused-ring (bicyclic) bond motifs is 1. The van der Waals surface area contributed by atoms with Gasteiger partial charge in [0.15, 0.2) is 0 Å². The van der Waals surface area contributed by atoms with E-state index in [4.69, 9.17) is 0 Å². The minimum absolute atomic E-state index is 0.115. The molecule has 28 heavy (non-hydrogen) atoms. The Hall–Kier alpha value is -3.45. The second-order valence-electron chi connectivity index (χ2n) is 6.42. The van der Waals surface area contributed by atoms with Gasteiger partial charge in [0.05, 0.1) is 22.5 Å². The van der Waals surface area contributed by atoms with Crippen molar-refractivity contribution in [3.63, 3.8) is 0 Å². The summed E-state index contributed by atoms with van der Waals surface area (Å²) in [7, 11) is 0. The fraction of sp³-hybridized carbons (Fsp3) is 0.0952. The summed E-state index contributed by atoms with van der Waals surface area (Å²) in [6.45, 7) is 3.85. The number of nitrogens with one attached hydrogen (secondary N) is 1. The number of phenolic OH excluding ortho intramolecular Hbond substituents is 1. The second-order valence-corrected chi connectivity index (χ2v) is 7.45. The molecule has 0 fully saturated rings. The van der Waals surface area contributed by atoms with Crippen LogP contribution >= 0.6 is 11.3 Å². The monoisotopic (exact) mass is 390 g/mol. The Bertz CT molecular complexity index is 1190. The summed E-state index contributed by atoms with van der Waals surface area (Å²) in [6.07, 6.45) is 1.44. The van der Waals surface area contributed by atoms with Gasteiger partial charge in [-0.3, -0.25) is 4.79 Å². The lowest BCUT2D eigenvalue weighted by molar-refractivity contribution is 0.0959. The number of aryl methyl sites for hydroxylation is 2. The van der Waals surface area contributed by atoms with Gasteiger partial charge >= 0.3 is 0 Å². The average molecular weight is 390 g/mol. The third kappa shape index (κ3) is 3.39. The van der Waals surface area contributed by atoms with Gasteiger partial charge in [0.25, 0.3) is 5.91 Å². The lowest BCUT2D eigenvalue weighted by atomic mass is 10.1. The van der Waals surface area contributed by atoms with Crippen LogP contribution < -0.4 is 5.43 Å². The number of aromatic nitrogens is 2. The molecule has 0 saturated heterocycles. The van der Waals surface area contributed by atoms with Crippen LogP contribution in [0.4, 0.5) is 0 Å². The highest BCUT2D eigenvalue weighted by Crippen LogP contribution is 2.30. The molecule has 0 spiro atoms. The highest BCUT2D eigenvalue weighted by molar-refractivity contribution is 7.20. The van der Waals surface area contributed by atoms with Crippen LogP contribution in [-0.4, -0.2) is 27.0 Å². The summed E-state index contributed by atoms with van der Waals surface area (Å²) >= 11 is 1.36. The molecule has 4 aromatic rings. The number of thiophene rings is 1. The van der Waals surface area contributed by atoms with Crippen molar-refractivity contribution in [3.8, 4) is 11.4 Å². The Morgan fingerprint density at radius 2 is 1.96 bits per heavy atom. The lowest BCUT2D eigenvalue weighted by Crippen LogP contribution is -2.16. The van der Waals surface area contributed by atoms with E-state index in [9.17, 15) is 9.90 Å². The predicted molar refractivity (Wildman–Crippen MR) is 112 cm³/mol. The van der Waals surface area contributed by atoms with Crippen LogP contribution in [0.1, 0.15) is 26.5 Å². The maximum Gasteiger partial charge on any atom is 0.281 e. The van der Waals surface area contributed by atoms with Crippen molar-refractivity contribution in [1.82, 2.24) is 15.2 Å². The molecule has 0 radical (unpaired) electrons. The summed E-state index contributed by atoms with van der Waals surface area (Å²) in [6, 6.07) is 16.8. The van der Waals surface area contributed by atoms with Gasteiger partial charge in [-0.1, -0.05) is 29.8 Å². The number of hydrogen-bond acceptors (Lipinski definition) is 5. The molecule has 0 unspecified atom stereocenters. The van der Waals surface area contributed by atoms with Gasteiger partial charge in [-0.15, -0.1) is 11.3 Å². The Balaban J connectivity index is 1.58. The maximum absolute atomic E-state index is 12.5. The molecule has 0 saturated carbocycles. The number of nitrogens with zero attached hydrogens (tertiary/aromatic N) is 3. The molecule has 6 nitrogen and oxygen atoms in total. The van der Waals surface area contributed by atoms with E-state index < -0.39 is 0 Å². The number of aromatic hydroxyl groups is 1. The summed E-state index contributed by atoms with van der Waals surface area (Å²) in [5.41, 5.74) is 5.88. The number of hydrazone groups is 1. The highest BCUT2D eigenvalue weighted by Gasteiger charge is 2.16. The standard InChI is InChI=1S/C21H18N4O2S/c1-13-8-9-18(26)15(10-13)12-22-23-20(27)19-11-17-14(2)24-25(21(17)28-19)16-6-4-3-5-7-16/h3-12,26H,1-2H3,(H,23,27). The molecule has 0 aliphatic carbocycles. The van der Waals surface area contributed by atoms with Gasteiger partial charge in [0.1, 0.15) is 10.6 Å². The van der Waals surface area contributed by atoms with E-state index in [2.05, 4.69) is 15.6 Å². The van der Waals surface area contributed by atoms with E-state index in [1.165, 1.54) is 17.6 Å². The summed E-state index contributed by atoms with van der Waals surface area (Å²) in [5.74, 6) is -0.187. The molecule has 0 aliphatic rings. The Morgan fingerprint density at radius 3 is 2.75 bits per heavy atom. The van der Waals surface area contributed by atoms with Crippen molar-refractivity contribution in [2.45, 2.75) is 13.8 Å². The quantitative estimate of drug-likeness (QED) is 0.405. The van der Waals surface area contributed by atoms with Crippen molar-refractivity contribution in [3.05, 3.63) is 76.3 Å². The SMILES string of the molecule is Cc1ccc(O)c(C=NNC(=O)c2cc3c(C)nn(-c4ccccc4)c3s2)c1. The third-order valence-electron chi connectivity index (χ3n) is 4.32. The molecular weight excluding hydrogens is 372 g/mol. The minimum Gasteiger partial charge on any atom is -0.507 e. The molecule has 4 rings (SSSR count). The molecule has 2 aromatic carbocycles. The Morgan fingerprint density at radius 1 is 1.18 bits per heavy atom. The van der Waals surface area contributed by atoms with Crippen LogP contribution in [0.15, 0.2) is 59.7 Å². The topological polar surface area (TPSA) is 79.5 Å². The molecular formula is C21H18N4O2S. The fourth-order valence-electron chi connectivity index (χ4n) is 2.90. The summed E-state index contributed by atoms with van der Waals surface area (Å²) in [4.78, 5) is 14.0. The van der Waals surface area contributed by atoms with E-state index in [-0.39, 0.29) is 11.7 Å². The smallest absolute Gasteiger partial charge is 0.281 e.